The Hall–Kier alpha value is -2.95. The maximum absolute atomic E-state index is 13.7. The number of nitro benzene ring substituents is 1. The highest BCUT2D eigenvalue weighted by molar-refractivity contribution is 7.22. The SMILES string of the molecule is COc1cc(C(=O)N(CC2CCCO2)c2nc3ccc(Cl)cc3s2)c([N+](=O)[O-])cc1OC. The van der Waals surface area contributed by atoms with Gasteiger partial charge in [-0.2, -0.15) is 0 Å². The van der Waals surface area contributed by atoms with Gasteiger partial charge in [-0.05, 0) is 31.0 Å². The van der Waals surface area contributed by atoms with Gasteiger partial charge in [-0.3, -0.25) is 19.8 Å². The number of aromatic nitrogens is 1. The number of halogens is 1. The van der Waals surface area contributed by atoms with Crippen molar-refractivity contribution in [1.29, 1.82) is 0 Å². The van der Waals surface area contributed by atoms with Gasteiger partial charge < -0.3 is 14.2 Å². The Kier molecular flexibility index (Phi) is 6.45. The van der Waals surface area contributed by atoms with Crippen molar-refractivity contribution in [2.45, 2.75) is 18.9 Å². The van der Waals surface area contributed by atoms with Crippen LogP contribution in [0.5, 0.6) is 11.5 Å². The standard InChI is InChI=1S/C21H20ClN3O6S/c1-29-17-9-14(16(25(27)28)10-18(17)30-2)20(26)24(11-13-4-3-7-31-13)21-23-15-6-5-12(22)8-19(15)32-21/h5-6,8-10,13H,3-4,7,11H2,1-2H3. The van der Waals surface area contributed by atoms with Crippen LogP contribution in [0.3, 0.4) is 0 Å². The third-order valence-electron chi connectivity index (χ3n) is 5.15. The first-order valence-electron chi connectivity index (χ1n) is 9.81. The molecule has 0 N–H and O–H groups in total. The van der Waals surface area contributed by atoms with Gasteiger partial charge in [-0.25, -0.2) is 4.98 Å². The fraction of sp³-hybridized carbons (Fsp3) is 0.333. The number of anilines is 1. The second kappa shape index (κ2) is 9.27. The van der Waals surface area contributed by atoms with Crippen molar-refractivity contribution in [2.24, 2.45) is 0 Å². The number of carbonyl (C=O) groups excluding carboxylic acids is 1. The highest BCUT2D eigenvalue weighted by Gasteiger charge is 2.32. The summed E-state index contributed by atoms with van der Waals surface area (Å²) in [4.78, 5) is 30.8. The fourth-order valence-electron chi connectivity index (χ4n) is 3.58. The van der Waals surface area contributed by atoms with Crippen LogP contribution in [0.4, 0.5) is 10.8 Å². The molecule has 2 aromatic carbocycles. The van der Waals surface area contributed by atoms with E-state index in [0.29, 0.717) is 22.3 Å². The number of benzene rings is 2. The summed E-state index contributed by atoms with van der Waals surface area (Å²) < 4.78 is 17.0. The molecule has 0 saturated carbocycles. The minimum absolute atomic E-state index is 0.122. The Bertz CT molecular complexity index is 1180. The monoisotopic (exact) mass is 477 g/mol. The Labute approximate surface area is 192 Å². The molecule has 3 aromatic rings. The predicted molar refractivity (Wildman–Crippen MR) is 121 cm³/mol. The van der Waals surface area contributed by atoms with Crippen molar-refractivity contribution < 1.29 is 23.9 Å². The Morgan fingerprint density at radius 3 is 2.72 bits per heavy atom. The van der Waals surface area contributed by atoms with Gasteiger partial charge in [0, 0.05) is 17.7 Å². The van der Waals surface area contributed by atoms with Crippen LogP contribution in [0, 0.1) is 10.1 Å². The maximum atomic E-state index is 13.7. The van der Waals surface area contributed by atoms with Crippen molar-refractivity contribution in [1.82, 2.24) is 4.98 Å². The molecule has 1 atom stereocenters. The lowest BCUT2D eigenvalue weighted by molar-refractivity contribution is -0.385. The fourth-order valence-corrected chi connectivity index (χ4v) is 4.83. The summed E-state index contributed by atoms with van der Waals surface area (Å²) >= 11 is 7.38. The second-order valence-corrected chi connectivity index (χ2v) is 8.59. The maximum Gasteiger partial charge on any atom is 0.286 e. The van der Waals surface area contributed by atoms with E-state index in [0.717, 1.165) is 17.5 Å². The Morgan fingerprint density at radius 1 is 1.31 bits per heavy atom. The summed E-state index contributed by atoms with van der Waals surface area (Å²) in [5, 5.41) is 12.7. The molecule has 1 fully saturated rings. The first-order valence-corrected chi connectivity index (χ1v) is 11.0. The topological polar surface area (TPSA) is 104 Å². The van der Waals surface area contributed by atoms with Gasteiger partial charge in [-0.15, -0.1) is 0 Å². The summed E-state index contributed by atoms with van der Waals surface area (Å²) in [6, 6.07) is 7.77. The quantitative estimate of drug-likeness (QED) is 0.358. The van der Waals surface area contributed by atoms with E-state index in [4.69, 9.17) is 25.8 Å². The highest BCUT2D eigenvalue weighted by atomic mass is 35.5. The van der Waals surface area contributed by atoms with Crippen molar-refractivity contribution in [2.75, 3.05) is 32.3 Å². The molecule has 1 aliphatic rings. The third kappa shape index (κ3) is 4.34. The number of rotatable bonds is 7. The lowest BCUT2D eigenvalue weighted by atomic mass is 10.1. The summed E-state index contributed by atoms with van der Waals surface area (Å²) in [6.45, 7) is 0.830. The van der Waals surface area contributed by atoms with Crippen LogP contribution >= 0.6 is 22.9 Å². The molecule has 0 aliphatic carbocycles. The van der Waals surface area contributed by atoms with Crippen molar-refractivity contribution in [3.05, 3.63) is 51.0 Å². The van der Waals surface area contributed by atoms with E-state index in [1.807, 2.05) is 0 Å². The molecule has 4 rings (SSSR count). The zero-order valence-electron chi connectivity index (χ0n) is 17.4. The zero-order chi connectivity index (χ0) is 22.8. The number of carbonyl (C=O) groups is 1. The summed E-state index contributed by atoms with van der Waals surface area (Å²) in [5.74, 6) is -0.191. The molecule has 2 heterocycles. The van der Waals surface area contributed by atoms with Crippen LogP contribution in [0.1, 0.15) is 23.2 Å². The number of methoxy groups -OCH3 is 2. The molecule has 1 aliphatic heterocycles. The van der Waals surface area contributed by atoms with Crippen LogP contribution in [0.15, 0.2) is 30.3 Å². The number of nitrogens with zero attached hydrogens (tertiary/aromatic N) is 3. The lowest BCUT2D eigenvalue weighted by Gasteiger charge is -2.23. The van der Waals surface area contributed by atoms with E-state index < -0.39 is 10.8 Å². The van der Waals surface area contributed by atoms with Crippen LogP contribution < -0.4 is 14.4 Å². The van der Waals surface area contributed by atoms with Gasteiger partial charge in [0.15, 0.2) is 16.6 Å². The lowest BCUT2D eigenvalue weighted by Crippen LogP contribution is -2.37. The molecule has 0 spiro atoms. The molecule has 9 nitrogen and oxygen atoms in total. The number of amides is 1. The number of hydrogen-bond donors (Lipinski definition) is 0. The van der Waals surface area contributed by atoms with Gasteiger partial charge in [0.1, 0.15) is 5.56 Å². The summed E-state index contributed by atoms with van der Waals surface area (Å²) in [6.07, 6.45) is 1.49. The smallest absolute Gasteiger partial charge is 0.286 e. The van der Waals surface area contributed by atoms with E-state index in [2.05, 4.69) is 4.98 Å². The van der Waals surface area contributed by atoms with Gasteiger partial charge in [0.05, 0.1) is 48.1 Å². The average molecular weight is 478 g/mol. The van der Waals surface area contributed by atoms with Gasteiger partial charge in [0.2, 0.25) is 0 Å². The molecule has 168 valence electrons. The van der Waals surface area contributed by atoms with Crippen molar-refractivity contribution in [3.63, 3.8) is 0 Å². The molecule has 32 heavy (non-hydrogen) atoms. The van der Waals surface area contributed by atoms with E-state index in [9.17, 15) is 14.9 Å². The molecule has 1 amide bonds. The number of fused-ring (bicyclic) bond motifs is 1. The Balaban J connectivity index is 1.81. The second-order valence-electron chi connectivity index (χ2n) is 7.14. The number of thiazole rings is 1. The third-order valence-corrected chi connectivity index (χ3v) is 6.43. The van der Waals surface area contributed by atoms with E-state index in [-0.39, 0.29) is 35.4 Å². The number of ether oxygens (including phenoxy) is 3. The van der Waals surface area contributed by atoms with E-state index >= 15 is 0 Å². The largest absolute Gasteiger partial charge is 0.493 e. The van der Waals surface area contributed by atoms with Crippen LogP contribution in [-0.2, 0) is 4.74 Å². The summed E-state index contributed by atoms with van der Waals surface area (Å²) in [7, 11) is 2.78. The van der Waals surface area contributed by atoms with Crippen molar-refractivity contribution in [3.8, 4) is 11.5 Å². The number of hydrogen-bond acceptors (Lipinski definition) is 8. The molecule has 1 unspecified atom stereocenters. The van der Waals surface area contributed by atoms with Gasteiger partial charge >= 0.3 is 0 Å². The van der Waals surface area contributed by atoms with Crippen LogP contribution in [0.25, 0.3) is 10.2 Å². The molecule has 1 aromatic heterocycles. The molecule has 1 saturated heterocycles. The molecular formula is C21H20ClN3O6S. The Morgan fingerprint density at radius 2 is 2.06 bits per heavy atom. The van der Waals surface area contributed by atoms with E-state index in [1.54, 1.807) is 18.2 Å². The van der Waals surface area contributed by atoms with Gasteiger partial charge in [0.25, 0.3) is 11.6 Å². The average Bonchev–Trinajstić information content (AvgIpc) is 3.45. The first kappa shape index (κ1) is 22.3. The van der Waals surface area contributed by atoms with Crippen LogP contribution in [0.2, 0.25) is 5.02 Å². The predicted octanol–water partition coefficient (Wildman–Crippen LogP) is 4.70. The zero-order valence-corrected chi connectivity index (χ0v) is 18.9. The van der Waals surface area contributed by atoms with Crippen LogP contribution in [-0.4, -0.2) is 49.3 Å². The minimum Gasteiger partial charge on any atom is -0.493 e. The molecule has 0 radical (unpaired) electrons. The van der Waals surface area contributed by atoms with E-state index in [1.165, 1.54) is 42.6 Å². The number of nitro groups is 1. The van der Waals surface area contributed by atoms with Crippen molar-refractivity contribution >= 4 is 49.9 Å². The summed E-state index contributed by atoms with van der Waals surface area (Å²) in [5.41, 5.74) is 0.179. The normalized spacial score (nSPS) is 15.7. The molecular weight excluding hydrogens is 458 g/mol. The van der Waals surface area contributed by atoms with Gasteiger partial charge in [-0.1, -0.05) is 22.9 Å². The first-order chi connectivity index (χ1) is 15.4. The molecule has 0 bridgehead atoms. The minimum atomic E-state index is -0.614. The highest BCUT2D eigenvalue weighted by Crippen LogP contribution is 2.37. The molecule has 11 heteroatoms.